The molecule has 0 radical (unpaired) electrons. The number of rotatable bonds is 7. The molecule has 0 aliphatic heterocycles. The second-order valence-corrected chi connectivity index (χ2v) is 7.66. The first-order chi connectivity index (χ1) is 14.2. The zero-order chi connectivity index (χ0) is 19.9. The quantitative estimate of drug-likeness (QED) is 0.448. The molecule has 1 heterocycles. The predicted octanol–water partition coefficient (Wildman–Crippen LogP) is 6.71. The summed E-state index contributed by atoms with van der Waals surface area (Å²) in [5.41, 5.74) is 2.16. The summed E-state index contributed by atoms with van der Waals surface area (Å²) in [5, 5.41) is 0. The molecule has 4 rings (SSSR count). The van der Waals surface area contributed by atoms with Crippen LogP contribution in [-0.4, -0.2) is 4.98 Å². The van der Waals surface area contributed by atoms with E-state index >= 15 is 0 Å². The minimum atomic E-state index is -0.294. The third-order valence-electron chi connectivity index (χ3n) is 5.38. The zero-order valence-electron chi connectivity index (χ0n) is 16.5. The third kappa shape index (κ3) is 5.80. The highest BCUT2D eigenvalue weighted by molar-refractivity contribution is 5.29. The van der Waals surface area contributed by atoms with Crippen LogP contribution in [0.5, 0.6) is 17.4 Å². The van der Waals surface area contributed by atoms with E-state index < -0.39 is 0 Å². The second-order valence-electron chi connectivity index (χ2n) is 7.66. The maximum absolute atomic E-state index is 13.0. The Bertz CT molecular complexity index is 903. The van der Waals surface area contributed by atoms with Crippen LogP contribution < -0.4 is 9.47 Å². The van der Waals surface area contributed by atoms with Crippen LogP contribution in [0.3, 0.4) is 0 Å². The van der Waals surface area contributed by atoms with Crippen molar-refractivity contribution in [2.75, 3.05) is 0 Å². The average molecular weight is 391 g/mol. The summed E-state index contributed by atoms with van der Waals surface area (Å²) in [5.74, 6) is 2.39. The van der Waals surface area contributed by atoms with Gasteiger partial charge in [-0.2, -0.15) is 0 Å². The fourth-order valence-electron chi connectivity index (χ4n) is 3.82. The van der Waals surface area contributed by atoms with Crippen molar-refractivity contribution >= 4 is 0 Å². The maximum Gasteiger partial charge on any atom is 0.219 e. The molecule has 0 saturated heterocycles. The Labute approximate surface area is 171 Å². The molecule has 2 aromatic carbocycles. The maximum atomic E-state index is 13.0. The van der Waals surface area contributed by atoms with E-state index in [2.05, 4.69) is 17.1 Å². The van der Waals surface area contributed by atoms with E-state index in [1.807, 2.05) is 24.3 Å². The highest BCUT2D eigenvalue weighted by Gasteiger charge is 2.13. The SMILES string of the molecule is Fc1ccc(Oc2cccc(COc3ccc(CC4CCCCC4)cc3)n2)cc1. The Balaban J connectivity index is 1.31. The summed E-state index contributed by atoms with van der Waals surface area (Å²) in [4.78, 5) is 4.46. The van der Waals surface area contributed by atoms with Crippen molar-refractivity contribution in [1.29, 1.82) is 0 Å². The Kier molecular flexibility index (Phi) is 6.40. The summed E-state index contributed by atoms with van der Waals surface area (Å²) >= 11 is 0. The van der Waals surface area contributed by atoms with Crippen LogP contribution in [0.2, 0.25) is 0 Å². The Morgan fingerprint density at radius 2 is 1.55 bits per heavy atom. The van der Waals surface area contributed by atoms with Gasteiger partial charge < -0.3 is 9.47 Å². The molecule has 0 N–H and O–H groups in total. The van der Waals surface area contributed by atoms with Gasteiger partial charge >= 0.3 is 0 Å². The van der Waals surface area contributed by atoms with Gasteiger partial charge in [0.25, 0.3) is 0 Å². The molecule has 1 aliphatic carbocycles. The number of benzene rings is 2. The molecule has 1 aromatic heterocycles. The van der Waals surface area contributed by atoms with Crippen molar-refractivity contribution in [3.8, 4) is 17.4 Å². The van der Waals surface area contributed by atoms with Gasteiger partial charge in [0.1, 0.15) is 23.9 Å². The molecule has 1 fully saturated rings. The second kappa shape index (κ2) is 9.55. The molecule has 150 valence electrons. The van der Waals surface area contributed by atoms with Gasteiger partial charge in [0.2, 0.25) is 5.88 Å². The molecule has 4 heteroatoms. The van der Waals surface area contributed by atoms with Crippen LogP contribution in [0.25, 0.3) is 0 Å². The lowest BCUT2D eigenvalue weighted by Crippen LogP contribution is -2.09. The number of hydrogen-bond donors (Lipinski definition) is 0. The van der Waals surface area contributed by atoms with Gasteiger partial charge in [0, 0.05) is 6.07 Å². The molecule has 0 atom stereocenters. The van der Waals surface area contributed by atoms with Crippen molar-refractivity contribution in [1.82, 2.24) is 4.98 Å². The number of hydrogen-bond acceptors (Lipinski definition) is 3. The van der Waals surface area contributed by atoms with Crippen molar-refractivity contribution < 1.29 is 13.9 Å². The minimum absolute atomic E-state index is 0.294. The topological polar surface area (TPSA) is 31.4 Å². The number of halogens is 1. The molecule has 0 bridgehead atoms. The van der Waals surface area contributed by atoms with Crippen molar-refractivity contribution in [2.24, 2.45) is 5.92 Å². The van der Waals surface area contributed by atoms with Crippen LogP contribution in [0.4, 0.5) is 4.39 Å². The molecular formula is C25H26FNO2. The Morgan fingerprint density at radius 3 is 2.31 bits per heavy atom. The average Bonchev–Trinajstić information content (AvgIpc) is 2.76. The molecule has 29 heavy (non-hydrogen) atoms. The largest absolute Gasteiger partial charge is 0.487 e. The molecule has 3 aromatic rings. The van der Waals surface area contributed by atoms with Crippen LogP contribution in [-0.2, 0) is 13.0 Å². The first-order valence-corrected chi connectivity index (χ1v) is 10.4. The summed E-state index contributed by atoms with van der Waals surface area (Å²) in [6.45, 7) is 0.364. The molecule has 3 nitrogen and oxygen atoms in total. The van der Waals surface area contributed by atoms with Gasteiger partial charge in [-0.25, -0.2) is 9.37 Å². The first-order valence-electron chi connectivity index (χ1n) is 10.4. The fraction of sp³-hybridized carbons (Fsp3) is 0.320. The minimum Gasteiger partial charge on any atom is -0.487 e. The van der Waals surface area contributed by atoms with E-state index in [1.165, 1.54) is 56.2 Å². The van der Waals surface area contributed by atoms with Crippen LogP contribution in [0.15, 0.2) is 66.7 Å². The first kappa shape index (κ1) is 19.4. The zero-order valence-corrected chi connectivity index (χ0v) is 16.5. The highest BCUT2D eigenvalue weighted by atomic mass is 19.1. The van der Waals surface area contributed by atoms with E-state index in [0.717, 1.165) is 17.4 Å². The molecule has 0 unspecified atom stereocenters. The van der Waals surface area contributed by atoms with E-state index in [-0.39, 0.29) is 5.82 Å². The van der Waals surface area contributed by atoms with Crippen LogP contribution in [0, 0.1) is 11.7 Å². The van der Waals surface area contributed by atoms with Crippen molar-refractivity contribution in [3.05, 3.63) is 83.8 Å². The van der Waals surface area contributed by atoms with Gasteiger partial charge in [-0.3, -0.25) is 0 Å². The summed E-state index contributed by atoms with van der Waals surface area (Å²) in [6.07, 6.45) is 8.05. The Hall–Kier alpha value is -2.88. The monoisotopic (exact) mass is 391 g/mol. The summed E-state index contributed by atoms with van der Waals surface area (Å²) in [7, 11) is 0. The van der Waals surface area contributed by atoms with Gasteiger partial charge in [0.15, 0.2) is 0 Å². The normalized spacial score (nSPS) is 14.5. The number of aromatic nitrogens is 1. The van der Waals surface area contributed by atoms with Gasteiger partial charge in [-0.15, -0.1) is 0 Å². The van der Waals surface area contributed by atoms with E-state index in [0.29, 0.717) is 18.2 Å². The van der Waals surface area contributed by atoms with Gasteiger partial charge in [0.05, 0.1) is 5.69 Å². The molecule has 0 amide bonds. The van der Waals surface area contributed by atoms with Crippen molar-refractivity contribution in [3.63, 3.8) is 0 Å². The predicted molar refractivity (Wildman–Crippen MR) is 112 cm³/mol. The highest BCUT2D eigenvalue weighted by Crippen LogP contribution is 2.27. The van der Waals surface area contributed by atoms with Gasteiger partial charge in [-0.05, 0) is 60.4 Å². The lowest BCUT2D eigenvalue weighted by atomic mass is 9.85. The summed E-state index contributed by atoms with van der Waals surface area (Å²) in [6, 6.07) is 19.8. The Morgan fingerprint density at radius 1 is 0.828 bits per heavy atom. The van der Waals surface area contributed by atoms with Gasteiger partial charge in [-0.1, -0.05) is 50.3 Å². The van der Waals surface area contributed by atoms with E-state index in [9.17, 15) is 4.39 Å². The van der Waals surface area contributed by atoms with E-state index in [4.69, 9.17) is 9.47 Å². The standard InChI is InChI=1S/C25H26FNO2/c26-21-11-15-24(16-12-21)29-25-8-4-7-22(27-25)18-28-23-13-9-20(10-14-23)17-19-5-2-1-3-6-19/h4,7-16,19H,1-3,5-6,17-18H2. The lowest BCUT2D eigenvalue weighted by Gasteiger charge is -2.21. The molecule has 1 saturated carbocycles. The summed E-state index contributed by atoms with van der Waals surface area (Å²) < 4.78 is 24.6. The van der Waals surface area contributed by atoms with Crippen LogP contribution in [0.1, 0.15) is 43.4 Å². The fourth-order valence-corrected chi connectivity index (χ4v) is 3.82. The third-order valence-corrected chi connectivity index (χ3v) is 5.38. The molecule has 1 aliphatic rings. The number of ether oxygens (including phenoxy) is 2. The lowest BCUT2D eigenvalue weighted by molar-refractivity contribution is 0.299. The molecule has 0 spiro atoms. The molecular weight excluding hydrogens is 365 g/mol. The van der Waals surface area contributed by atoms with Crippen LogP contribution >= 0.6 is 0 Å². The van der Waals surface area contributed by atoms with E-state index in [1.54, 1.807) is 18.2 Å². The smallest absolute Gasteiger partial charge is 0.219 e. The number of nitrogens with zero attached hydrogens (tertiary/aromatic N) is 1. The van der Waals surface area contributed by atoms with Crippen molar-refractivity contribution in [2.45, 2.75) is 45.1 Å². The number of pyridine rings is 1.